The summed E-state index contributed by atoms with van der Waals surface area (Å²) < 4.78 is 10.1. The zero-order chi connectivity index (χ0) is 17.3. The van der Waals surface area contributed by atoms with Crippen molar-refractivity contribution in [2.45, 2.75) is 39.2 Å². The third kappa shape index (κ3) is 3.52. The number of hydrogen-bond acceptors (Lipinski definition) is 6. The lowest BCUT2D eigenvalue weighted by atomic mass is 9.96. The second-order valence-corrected chi connectivity index (χ2v) is 7.59. The molecular formula is C17H24N4O2S. The van der Waals surface area contributed by atoms with Crippen molar-refractivity contribution in [3.63, 3.8) is 0 Å². The summed E-state index contributed by atoms with van der Waals surface area (Å²) in [7, 11) is 3.43. The third-order valence-electron chi connectivity index (χ3n) is 4.64. The zero-order valence-electron chi connectivity index (χ0n) is 14.7. The Labute approximate surface area is 146 Å². The van der Waals surface area contributed by atoms with E-state index in [0.717, 1.165) is 38.2 Å². The molecule has 0 unspecified atom stereocenters. The predicted molar refractivity (Wildman–Crippen MR) is 93.4 cm³/mol. The number of oxazole rings is 1. The summed E-state index contributed by atoms with van der Waals surface area (Å²) in [5.41, 5.74) is 2.52. The molecule has 1 fully saturated rings. The number of piperidine rings is 1. The lowest BCUT2D eigenvalue weighted by Crippen LogP contribution is -2.32. The highest BCUT2D eigenvalue weighted by Gasteiger charge is 2.26. The van der Waals surface area contributed by atoms with Crippen molar-refractivity contribution in [3.8, 4) is 0 Å². The van der Waals surface area contributed by atoms with Gasteiger partial charge in [-0.1, -0.05) is 0 Å². The number of amides is 1. The summed E-state index contributed by atoms with van der Waals surface area (Å²) in [4.78, 5) is 21.5. The number of aryl methyl sites for hydroxylation is 2. The summed E-state index contributed by atoms with van der Waals surface area (Å²) >= 11 is 1.59. The number of likely N-dealkylation sites (tertiary alicyclic amines) is 1. The van der Waals surface area contributed by atoms with Crippen molar-refractivity contribution >= 4 is 17.4 Å². The van der Waals surface area contributed by atoms with Gasteiger partial charge in [0.1, 0.15) is 0 Å². The smallest absolute Gasteiger partial charge is 0.290 e. The Bertz CT molecular complexity index is 694. The molecule has 1 aliphatic heterocycles. The molecule has 0 saturated carbocycles. The monoisotopic (exact) mass is 348 g/mol. The molecule has 0 aliphatic carbocycles. The van der Waals surface area contributed by atoms with Crippen LogP contribution >= 0.6 is 11.5 Å². The number of aromatic nitrogens is 2. The second-order valence-electron chi connectivity index (χ2n) is 6.62. The summed E-state index contributed by atoms with van der Waals surface area (Å²) in [6.45, 7) is 7.22. The van der Waals surface area contributed by atoms with E-state index in [1.165, 1.54) is 15.3 Å². The number of carbonyl (C=O) groups is 1. The SMILES string of the molecule is Cc1nsc(C)c1CN1CCC(c2ncc(C(=O)N(C)C)o2)CC1. The van der Waals surface area contributed by atoms with E-state index in [4.69, 9.17) is 4.42 Å². The van der Waals surface area contributed by atoms with Gasteiger partial charge in [0.15, 0.2) is 5.89 Å². The number of hydrogen-bond donors (Lipinski definition) is 0. The van der Waals surface area contributed by atoms with Gasteiger partial charge in [0.2, 0.25) is 5.76 Å². The molecule has 1 aliphatic rings. The summed E-state index contributed by atoms with van der Waals surface area (Å²) in [5.74, 6) is 1.19. The average molecular weight is 348 g/mol. The van der Waals surface area contributed by atoms with Gasteiger partial charge in [-0.05, 0) is 51.3 Å². The Morgan fingerprint density at radius 2 is 2.08 bits per heavy atom. The molecule has 0 spiro atoms. The maximum Gasteiger partial charge on any atom is 0.290 e. The van der Waals surface area contributed by atoms with E-state index in [0.29, 0.717) is 17.6 Å². The minimum atomic E-state index is -0.137. The van der Waals surface area contributed by atoms with Gasteiger partial charge >= 0.3 is 0 Å². The van der Waals surface area contributed by atoms with Crippen LogP contribution in [0.1, 0.15) is 51.3 Å². The minimum Gasteiger partial charge on any atom is -0.435 e. The molecule has 3 heterocycles. The fourth-order valence-corrected chi connectivity index (χ4v) is 3.79. The van der Waals surface area contributed by atoms with Crippen LogP contribution in [0, 0.1) is 13.8 Å². The van der Waals surface area contributed by atoms with E-state index in [-0.39, 0.29) is 5.91 Å². The maximum absolute atomic E-state index is 11.9. The Balaban J connectivity index is 1.58. The van der Waals surface area contributed by atoms with Crippen molar-refractivity contribution in [2.75, 3.05) is 27.2 Å². The molecule has 2 aromatic rings. The van der Waals surface area contributed by atoms with Crippen molar-refractivity contribution in [1.29, 1.82) is 0 Å². The highest BCUT2D eigenvalue weighted by molar-refractivity contribution is 7.05. The largest absolute Gasteiger partial charge is 0.435 e. The average Bonchev–Trinajstić information content (AvgIpc) is 3.17. The van der Waals surface area contributed by atoms with Crippen LogP contribution in [0.15, 0.2) is 10.6 Å². The van der Waals surface area contributed by atoms with E-state index in [1.54, 1.807) is 31.8 Å². The van der Waals surface area contributed by atoms with E-state index < -0.39 is 0 Å². The van der Waals surface area contributed by atoms with Gasteiger partial charge < -0.3 is 9.32 Å². The van der Waals surface area contributed by atoms with Crippen molar-refractivity contribution in [1.82, 2.24) is 19.2 Å². The highest BCUT2D eigenvalue weighted by Crippen LogP contribution is 2.29. The molecule has 0 bridgehead atoms. The zero-order valence-corrected chi connectivity index (χ0v) is 15.5. The van der Waals surface area contributed by atoms with E-state index >= 15 is 0 Å². The lowest BCUT2D eigenvalue weighted by molar-refractivity contribution is 0.0792. The molecule has 3 rings (SSSR count). The first-order chi connectivity index (χ1) is 11.5. The normalized spacial score (nSPS) is 16.5. The fourth-order valence-electron chi connectivity index (χ4n) is 3.08. The van der Waals surface area contributed by atoms with Crippen LogP contribution in [0.4, 0.5) is 0 Å². The molecule has 0 atom stereocenters. The second kappa shape index (κ2) is 7.03. The van der Waals surface area contributed by atoms with Crippen molar-refractivity contribution in [3.05, 3.63) is 34.0 Å². The van der Waals surface area contributed by atoms with Crippen LogP contribution in [0.3, 0.4) is 0 Å². The number of carbonyl (C=O) groups excluding carboxylic acids is 1. The van der Waals surface area contributed by atoms with Gasteiger partial charge in [-0.2, -0.15) is 4.37 Å². The molecule has 2 aromatic heterocycles. The van der Waals surface area contributed by atoms with E-state index in [2.05, 4.69) is 28.1 Å². The topological polar surface area (TPSA) is 62.5 Å². The van der Waals surface area contributed by atoms with E-state index in [9.17, 15) is 4.79 Å². The van der Waals surface area contributed by atoms with Crippen molar-refractivity contribution < 1.29 is 9.21 Å². The standard InChI is InChI=1S/C17H24N4O2S/c1-11-14(12(2)24-19-11)10-21-7-5-13(6-8-21)16-18-9-15(23-16)17(22)20(3)4/h9,13H,5-8,10H2,1-4H3. The first-order valence-corrected chi connectivity index (χ1v) is 9.04. The van der Waals surface area contributed by atoms with Crippen LogP contribution in [0.2, 0.25) is 0 Å². The van der Waals surface area contributed by atoms with Gasteiger partial charge in [0, 0.05) is 37.0 Å². The Morgan fingerprint density at radius 3 is 2.67 bits per heavy atom. The molecule has 7 heteroatoms. The van der Waals surface area contributed by atoms with Crippen molar-refractivity contribution in [2.24, 2.45) is 0 Å². The van der Waals surface area contributed by atoms with Gasteiger partial charge in [-0.3, -0.25) is 9.69 Å². The third-order valence-corrected chi connectivity index (χ3v) is 5.53. The number of nitrogens with zero attached hydrogens (tertiary/aromatic N) is 4. The molecule has 0 radical (unpaired) electrons. The first-order valence-electron chi connectivity index (χ1n) is 8.27. The molecule has 0 N–H and O–H groups in total. The molecule has 1 amide bonds. The van der Waals surface area contributed by atoms with Crippen LogP contribution in [0.5, 0.6) is 0 Å². The Kier molecular flexibility index (Phi) is 5.01. The highest BCUT2D eigenvalue weighted by atomic mass is 32.1. The van der Waals surface area contributed by atoms with Crippen LogP contribution < -0.4 is 0 Å². The molecule has 130 valence electrons. The fraction of sp³-hybridized carbons (Fsp3) is 0.588. The van der Waals surface area contributed by atoms with Crippen LogP contribution in [-0.2, 0) is 6.54 Å². The van der Waals surface area contributed by atoms with Gasteiger partial charge in [0.25, 0.3) is 5.91 Å². The summed E-state index contributed by atoms with van der Waals surface area (Å²) in [6, 6.07) is 0. The quantitative estimate of drug-likeness (QED) is 0.850. The molecule has 1 saturated heterocycles. The number of rotatable bonds is 4. The molecular weight excluding hydrogens is 324 g/mol. The Morgan fingerprint density at radius 1 is 1.38 bits per heavy atom. The maximum atomic E-state index is 11.9. The van der Waals surface area contributed by atoms with E-state index in [1.807, 2.05) is 0 Å². The summed E-state index contributed by atoms with van der Waals surface area (Å²) in [5, 5.41) is 0. The summed E-state index contributed by atoms with van der Waals surface area (Å²) in [6.07, 6.45) is 3.56. The Hall–Kier alpha value is -1.73. The van der Waals surface area contributed by atoms with Crippen LogP contribution in [0.25, 0.3) is 0 Å². The molecule has 6 nitrogen and oxygen atoms in total. The molecule has 24 heavy (non-hydrogen) atoms. The first kappa shape index (κ1) is 17.1. The minimum absolute atomic E-state index is 0.137. The van der Waals surface area contributed by atoms with Gasteiger partial charge in [-0.15, -0.1) is 0 Å². The molecule has 0 aromatic carbocycles. The van der Waals surface area contributed by atoms with Gasteiger partial charge in [-0.25, -0.2) is 4.98 Å². The predicted octanol–water partition coefficient (Wildman–Crippen LogP) is 2.83. The van der Waals surface area contributed by atoms with Gasteiger partial charge in [0.05, 0.1) is 11.9 Å². The van der Waals surface area contributed by atoms with Crippen LogP contribution in [-0.4, -0.2) is 52.2 Å². The lowest BCUT2D eigenvalue weighted by Gasteiger charge is -2.30.